The van der Waals surface area contributed by atoms with Crippen LogP contribution in [0.5, 0.6) is 0 Å². The molecule has 4 heteroatoms. The average Bonchev–Trinajstić information content (AvgIpc) is 2.47. The Hall–Kier alpha value is -2.20. The van der Waals surface area contributed by atoms with Crippen molar-refractivity contribution < 1.29 is 4.79 Å². The van der Waals surface area contributed by atoms with E-state index in [0.29, 0.717) is 12.1 Å². The number of aliphatic imine (C=N–C) groups is 1. The quantitative estimate of drug-likeness (QED) is 0.588. The second kappa shape index (κ2) is 8.82. The van der Waals surface area contributed by atoms with Crippen molar-refractivity contribution in [2.75, 3.05) is 6.54 Å². The summed E-state index contributed by atoms with van der Waals surface area (Å²) >= 11 is 0. The molecule has 0 bridgehead atoms. The highest BCUT2D eigenvalue weighted by molar-refractivity contribution is 5.82. The topological polar surface area (TPSA) is 67.5 Å². The molecule has 4 nitrogen and oxygen atoms in total. The molecule has 0 aromatic heterocycles. The molecule has 1 aromatic rings. The van der Waals surface area contributed by atoms with E-state index in [1.165, 1.54) is 0 Å². The van der Waals surface area contributed by atoms with Gasteiger partial charge < -0.3 is 11.1 Å². The molecule has 1 amide bonds. The molecule has 0 fully saturated rings. The zero-order valence-electron chi connectivity index (χ0n) is 11.8. The minimum Gasteiger partial charge on any atom is -0.351 e. The molecule has 0 aliphatic heterocycles. The molecular weight excluding hydrogens is 250 g/mol. The molecule has 20 heavy (non-hydrogen) atoms. The van der Waals surface area contributed by atoms with E-state index in [1.54, 1.807) is 18.5 Å². The molecule has 106 valence electrons. The summed E-state index contributed by atoms with van der Waals surface area (Å²) in [6.45, 7) is 6.40. The van der Waals surface area contributed by atoms with Gasteiger partial charge in [0.05, 0.1) is 5.92 Å². The van der Waals surface area contributed by atoms with Crippen LogP contribution in [-0.4, -0.2) is 18.7 Å². The van der Waals surface area contributed by atoms with E-state index < -0.39 is 5.92 Å². The lowest BCUT2D eigenvalue weighted by Gasteiger charge is -2.15. The summed E-state index contributed by atoms with van der Waals surface area (Å²) in [7, 11) is 0. The highest BCUT2D eigenvalue weighted by Gasteiger charge is 2.18. The molecule has 0 spiro atoms. The average molecular weight is 271 g/mol. The number of amides is 1. The van der Waals surface area contributed by atoms with Crippen molar-refractivity contribution in [1.82, 2.24) is 5.32 Å². The molecule has 1 aromatic carbocycles. The lowest BCUT2D eigenvalue weighted by Crippen LogP contribution is -2.35. The number of hydrogen-bond donors (Lipinski definition) is 2. The molecule has 0 aliphatic rings. The number of allylic oxidation sites excluding steroid dienone is 1. The van der Waals surface area contributed by atoms with Gasteiger partial charge in [-0.1, -0.05) is 36.9 Å². The van der Waals surface area contributed by atoms with E-state index in [2.05, 4.69) is 16.9 Å². The molecule has 1 rings (SSSR count). The van der Waals surface area contributed by atoms with E-state index >= 15 is 0 Å². The van der Waals surface area contributed by atoms with E-state index in [-0.39, 0.29) is 12.5 Å². The number of carbonyl (C=O) groups excluding carboxylic acids is 1. The van der Waals surface area contributed by atoms with Gasteiger partial charge in [-0.2, -0.15) is 0 Å². The van der Waals surface area contributed by atoms with Crippen LogP contribution in [-0.2, 0) is 11.3 Å². The van der Waals surface area contributed by atoms with E-state index in [4.69, 9.17) is 5.73 Å². The van der Waals surface area contributed by atoms with Gasteiger partial charge in [0.15, 0.2) is 0 Å². The number of nitrogens with zero attached hydrogens (tertiary/aromatic N) is 1. The molecule has 3 N–H and O–H groups in total. The van der Waals surface area contributed by atoms with E-state index in [9.17, 15) is 4.79 Å². The Bertz CT molecular complexity index is 492. The van der Waals surface area contributed by atoms with Crippen molar-refractivity contribution in [3.63, 3.8) is 0 Å². The first-order valence-corrected chi connectivity index (χ1v) is 6.54. The predicted octanol–water partition coefficient (Wildman–Crippen LogP) is 2.04. The summed E-state index contributed by atoms with van der Waals surface area (Å²) in [6, 6.07) is 9.73. The van der Waals surface area contributed by atoms with Gasteiger partial charge in [-0.3, -0.25) is 9.79 Å². The highest BCUT2D eigenvalue weighted by atomic mass is 16.1. The van der Waals surface area contributed by atoms with E-state index in [0.717, 1.165) is 5.56 Å². The maximum absolute atomic E-state index is 12.1. The van der Waals surface area contributed by atoms with Crippen molar-refractivity contribution in [2.24, 2.45) is 16.6 Å². The number of nitrogens with one attached hydrogen (secondary N) is 1. The van der Waals surface area contributed by atoms with Gasteiger partial charge in [0.25, 0.3) is 0 Å². The first-order chi connectivity index (χ1) is 9.69. The van der Waals surface area contributed by atoms with Crippen LogP contribution >= 0.6 is 0 Å². The Labute approximate surface area is 120 Å². The molecule has 0 unspecified atom stereocenters. The largest absolute Gasteiger partial charge is 0.351 e. The number of rotatable bonds is 7. The number of nitrogens with two attached hydrogens (primary N) is 1. The smallest absolute Gasteiger partial charge is 0.229 e. The minimum atomic E-state index is -0.429. The van der Waals surface area contributed by atoms with Gasteiger partial charge in [-0.05, 0) is 24.1 Å². The first kappa shape index (κ1) is 15.9. The minimum absolute atomic E-state index is 0.119. The standard InChI is InChI=1S/C16H21N3O/c1-3-18-10-9-13(2)15(11-17)16(20)19-12-14-7-5-4-6-8-14/h3-10,15H,2,11-12,17H2,1H3,(H,19,20)/b10-9-,18-3-/t15-/m0/s1. The normalized spacial score (nSPS) is 12.7. The van der Waals surface area contributed by atoms with Crippen molar-refractivity contribution in [1.29, 1.82) is 0 Å². The zero-order valence-corrected chi connectivity index (χ0v) is 11.8. The summed E-state index contributed by atoms with van der Waals surface area (Å²) in [6.07, 6.45) is 4.98. The fraction of sp³-hybridized carbons (Fsp3) is 0.250. The van der Waals surface area contributed by atoms with Crippen LogP contribution in [0.4, 0.5) is 0 Å². The third-order valence-corrected chi connectivity index (χ3v) is 2.83. The Kier molecular flexibility index (Phi) is 7.00. The van der Waals surface area contributed by atoms with Gasteiger partial charge in [0.1, 0.15) is 0 Å². The third kappa shape index (κ3) is 5.20. The molecule has 0 radical (unpaired) electrons. The van der Waals surface area contributed by atoms with Crippen LogP contribution in [0.25, 0.3) is 0 Å². The van der Waals surface area contributed by atoms with Crippen LogP contribution < -0.4 is 11.1 Å². The molecule has 0 heterocycles. The second-order valence-corrected chi connectivity index (χ2v) is 4.29. The summed E-state index contributed by atoms with van der Waals surface area (Å²) in [5.41, 5.74) is 7.36. The van der Waals surface area contributed by atoms with Gasteiger partial charge >= 0.3 is 0 Å². The maximum Gasteiger partial charge on any atom is 0.229 e. The number of hydrogen-bond acceptors (Lipinski definition) is 3. The predicted molar refractivity (Wildman–Crippen MR) is 83.3 cm³/mol. The molecule has 0 saturated carbocycles. The Morgan fingerprint density at radius 1 is 1.45 bits per heavy atom. The van der Waals surface area contributed by atoms with Gasteiger partial charge in [0.2, 0.25) is 5.91 Å². The van der Waals surface area contributed by atoms with Crippen molar-refractivity contribution in [3.05, 3.63) is 60.3 Å². The van der Waals surface area contributed by atoms with Crippen LogP contribution in [0.1, 0.15) is 12.5 Å². The summed E-state index contributed by atoms with van der Waals surface area (Å²) < 4.78 is 0. The monoisotopic (exact) mass is 271 g/mol. The maximum atomic E-state index is 12.1. The van der Waals surface area contributed by atoms with Crippen molar-refractivity contribution in [2.45, 2.75) is 13.5 Å². The summed E-state index contributed by atoms with van der Waals surface area (Å²) in [4.78, 5) is 16.0. The van der Waals surface area contributed by atoms with Gasteiger partial charge in [-0.15, -0.1) is 0 Å². The van der Waals surface area contributed by atoms with Crippen LogP contribution in [0, 0.1) is 5.92 Å². The van der Waals surface area contributed by atoms with Gasteiger partial charge in [-0.25, -0.2) is 0 Å². The number of benzene rings is 1. The molecule has 1 atom stereocenters. The van der Waals surface area contributed by atoms with E-state index in [1.807, 2.05) is 37.3 Å². The SMILES string of the molecule is C=C(/C=C\N=C/C)[C@H](CN)C(=O)NCc1ccccc1. The summed E-state index contributed by atoms with van der Waals surface area (Å²) in [5, 5.41) is 2.87. The number of carbonyl (C=O) groups is 1. The van der Waals surface area contributed by atoms with Crippen molar-refractivity contribution >= 4 is 12.1 Å². The fourth-order valence-electron chi connectivity index (χ4n) is 1.68. The van der Waals surface area contributed by atoms with Crippen LogP contribution in [0.2, 0.25) is 0 Å². The zero-order chi connectivity index (χ0) is 14.8. The van der Waals surface area contributed by atoms with Crippen LogP contribution in [0.3, 0.4) is 0 Å². The van der Waals surface area contributed by atoms with Gasteiger partial charge in [0, 0.05) is 25.5 Å². The Morgan fingerprint density at radius 3 is 2.75 bits per heavy atom. The first-order valence-electron chi connectivity index (χ1n) is 6.54. The lowest BCUT2D eigenvalue weighted by atomic mass is 9.99. The molecule has 0 aliphatic carbocycles. The third-order valence-electron chi connectivity index (χ3n) is 2.83. The highest BCUT2D eigenvalue weighted by Crippen LogP contribution is 2.10. The van der Waals surface area contributed by atoms with Crippen LogP contribution in [0.15, 0.2) is 59.8 Å². The molecule has 0 saturated heterocycles. The lowest BCUT2D eigenvalue weighted by molar-refractivity contribution is -0.123. The van der Waals surface area contributed by atoms with Crippen molar-refractivity contribution in [3.8, 4) is 0 Å². The second-order valence-electron chi connectivity index (χ2n) is 4.29. The molecular formula is C16H21N3O. The summed E-state index contributed by atoms with van der Waals surface area (Å²) in [5.74, 6) is -0.548. The Morgan fingerprint density at radius 2 is 2.15 bits per heavy atom. The Balaban J connectivity index is 2.56. The fourth-order valence-corrected chi connectivity index (χ4v) is 1.68.